The number of carboxylic acid groups (broad SMARTS) is 1. The lowest BCUT2D eigenvalue weighted by atomic mass is 9.84. The number of aromatic amines is 1. The molecular formula is C15H14F3NO2. The number of alkyl halides is 3. The quantitative estimate of drug-likeness (QED) is 0.832. The van der Waals surface area contributed by atoms with Gasteiger partial charge in [-0.25, -0.2) is 4.79 Å². The summed E-state index contributed by atoms with van der Waals surface area (Å²) in [6.07, 6.45) is -0.486. The Morgan fingerprint density at radius 2 is 2.10 bits per heavy atom. The first kappa shape index (κ1) is 14.0. The van der Waals surface area contributed by atoms with E-state index in [1.54, 1.807) is 19.1 Å². The van der Waals surface area contributed by atoms with Crippen molar-refractivity contribution in [2.24, 2.45) is 0 Å². The van der Waals surface area contributed by atoms with Crippen molar-refractivity contribution >= 4 is 18.1 Å². The fraction of sp³-hybridized carbons (Fsp3) is 0.400. The fourth-order valence-electron chi connectivity index (χ4n) is 3.20. The highest BCUT2D eigenvalue weighted by Gasteiger charge is 2.43. The molecule has 0 aromatic carbocycles. The van der Waals surface area contributed by atoms with Gasteiger partial charge in [0.25, 0.3) is 0 Å². The van der Waals surface area contributed by atoms with Crippen LogP contribution in [0.4, 0.5) is 13.2 Å². The topological polar surface area (TPSA) is 53.1 Å². The highest BCUT2D eigenvalue weighted by Crippen LogP contribution is 2.40. The number of carbonyl (C=O) groups is 1. The summed E-state index contributed by atoms with van der Waals surface area (Å²) in [6.45, 7) is 1.66. The Balaban J connectivity index is 2.21. The van der Waals surface area contributed by atoms with Crippen LogP contribution >= 0.6 is 0 Å². The molecule has 21 heavy (non-hydrogen) atoms. The summed E-state index contributed by atoms with van der Waals surface area (Å²) < 4.78 is 39.7. The summed E-state index contributed by atoms with van der Waals surface area (Å²) in [7, 11) is 0. The Morgan fingerprint density at radius 1 is 1.38 bits per heavy atom. The second-order valence-electron chi connectivity index (χ2n) is 5.51. The van der Waals surface area contributed by atoms with E-state index in [2.05, 4.69) is 4.98 Å². The monoisotopic (exact) mass is 297 g/mol. The van der Waals surface area contributed by atoms with Gasteiger partial charge in [-0.3, -0.25) is 0 Å². The molecule has 0 fully saturated rings. The summed E-state index contributed by atoms with van der Waals surface area (Å²) in [5.74, 6) is -2.59. The predicted octanol–water partition coefficient (Wildman–Crippen LogP) is 1.97. The molecule has 0 aliphatic heterocycles. The third-order valence-corrected chi connectivity index (χ3v) is 4.21. The van der Waals surface area contributed by atoms with Crippen LogP contribution < -0.4 is 10.7 Å². The molecule has 3 rings (SSSR count). The van der Waals surface area contributed by atoms with E-state index in [0.29, 0.717) is 28.3 Å². The van der Waals surface area contributed by atoms with Crippen LogP contribution in [0.15, 0.2) is 11.1 Å². The maximum absolute atomic E-state index is 13.2. The Hall–Kier alpha value is -1.98. The molecule has 0 spiro atoms. The molecule has 0 saturated heterocycles. The van der Waals surface area contributed by atoms with Gasteiger partial charge >= 0.3 is 12.1 Å². The molecule has 0 bridgehead atoms. The number of fused-ring (bicyclic) bond motifs is 3. The third-order valence-electron chi connectivity index (χ3n) is 4.21. The number of nitrogens with one attached hydrogen (secondary N) is 1. The molecule has 6 heteroatoms. The van der Waals surface area contributed by atoms with Gasteiger partial charge < -0.3 is 10.1 Å². The van der Waals surface area contributed by atoms with Gasteiger partial charge in [-0.2, -0.15) is 13.2 Å². The number of allylic oxidation sites excluding steroid dienone is 1. The zero-order valence-corrected chi connectivity index (χ0v) is 11.3. The van der Waals surface area contributed by atoms with Crippen molar-refractivity contribution < 1.29 is 23.1 Å². The number of aromatic nitrogens is 1. The molecule has 0 amide bonds. The lowest BCUT2D eigenvalue weighted by Gasteiger charge is -2.24. The van der Waals surface area contributed by atoms with Crippen LogP contribution in [-0.2, 0) is 11.2 Å². The van der Waals surface area contributed by atoms with E-state index in [1.165, 1.54) is 0 Å². The predicted molar refractivity (Wildman–Crippen MR) is 71.0 cm³/mol. The van der Waals surface area contributed by atoms with Gasteiger partial charge in [-0.05, 0) is 42.5 Å². The molecule has 2 aliphatic carbocycles. The average Bonchev–Trinajstić information content (AvgIpc) is 2.72. The molecular weight excluding hydrogens is 283 g/mol. The van der Waals surface area contributed by atoms with Crippen molar-refractivity contribution in [2.75, 3.05) is 0 Å². The molecule has 1 atom stereocenters. The number of rotatable bonds is 1. The zero-order chi connectivity index (χ0) is 15.4. The zero-order valence-electron chi connectivity index (χ0n) is 11.3. The van der Waals surface area contributed by atoms with Crippen LogP contribution in [0.1, 0.15) is 36.8 Å². The van der Waals surface area contributed by atoms with Gasteiger partial charge in [-0.15, -0.1) is 0 Å². The van der Waals surface area contributed by atoms with E-state index < -0.39 is 18.1 Å². The second-order valence-corrected chi connectivity index (χ2v) is 5.51. The number of carboxylic acids is 1. The Bertz CT molecular complexity index is 768. The summed E-state index contributed by atoms with van der Waals surface area (Å²) in [6, 6.07) is 0. The molecule has 0 saturated carbocycles. The molecule has 2 N–H and O–H groups in total. The van der Waals surface area contributed by atoms with E-state index in [1.807, 2.05) is 0 Å². The van der Waals surface area contributed by atoms with Crippen LogP contribution in [0.2, 0.25) is 0 Å². The van der Waals surface area contributed by atoms with Crippen LogP contribution in [-0.4, -0.2) is 22.2 Å². The van der Waals surface area contributed by atoms with Crippen molar-refractivity contribution in [3.8, 4) is 0 Å². The molecule has 1 aromatic heterocycles. The SMILES string of the molecule is CC1=C(C(=O)O)Cc2c3c([nH]c2=C1)=CCC[C@@H]3C(F)(F)F. The third kappa shape index (κ3) is 2.18. The minimum absolute atomic E-state index is 0.0197. The number of hydrogen-bond donors (Lipinski definition) is 2. The Labute approximate surface area is 118 Å². The molecule has 0 unspecified atom stereocenters. The highest BCUT2D eigenvalue weighted by molar-refractivity contribution is 5.91. The minimum atomic E-state index is -4.31. The first-order valence-electron chi connectivity index (χ1n) is 6.71. The largest absolute Gasteiger partial charge is 0.478 e. The van der Waals surface area contributed by atoms with Gasteiger partial charge in [-0.1, -0.05) is 6.08 Å². The van der Waals surface area contributed by atoms with Crippen molar-refractivity contribution in [3.05, 3.63) is 33.0 Å². The van der Waals surface area contributed by atoms with Crippen molar-refractivity contribution in [3.63, 3.8) is 0 Å². The summed E-state index contributed by atoms with van der Waals surface area (Å²) in [4.78, 5) is 14.2. The normalized spacial score (nSPS) is 21.2. The number of H-pyrrole nitrogens is 1. The smallest absolute Gasteiger partial charge is 0.395 e. The number of hydrogen-bond acceptors (Lipinski definition) is 1. The van der Waals surface area contributed by atoms with E-state index in [-0.39, 0.29) is 24.0 Å². The first-order chi connectivity index (χ1) is 9.79. The van der Waals surface area contributed by atoms with Crippen LogP contribution in [0.25, 0.3) is 12.2 Å². The van der Waals surface area contributed by atoms with Gasteiger partial charge in [0.2, 0.25) is 0 Å². The Morgan fingerprint density at radius 3 is 2.71 bits per heavy atom. The molecule has 112 valence electrons. The average molecular weight is 297 g/mol. The molecule has 1 aromatic rings. The van der Waals surface area contributed by atoms with Crippen LogP contribution in [0, 0.1) is 0 Å². The van der Waals surface area contributed by atoms with Gasteiger partial charge in [0, 0.05) is 22.7 Å². The number of aliphatic carboxylic acids is 1. The van der Waals surface area contributed by atoms with Crippen LogP contribution in [0.5, 0.6) is 0 Å². The molecule has 3 nitrogen and oxygen atoms in total. The first-order valence-corrected chi connectivity index (χ1v) is 6.71. The van der Waals surface area contributed by atoms with E-state index in [4.69, 9.17) is 0 Å². The maximum atomic E-state index is 13.2. The maximum Gasteiger partial charge on any atom is 0.395 e. The van der Waals surface area contributed by atoms with Gasteiger partial charge in [0.1, 0.15) is 0 Å². The van der Waals surface area contributed by atoms with Crippen molar-refractivity contribution in [1.82, 2.24) is 4.98 Å². The molecule has 2 aliphatic rings. The molecule has 1 heterocycles. The van der Waals surface area contributed by atoms with Crippen molar-refractivity contribution in [2.45, 2.75) is 38.3 Å². The van der Waals surface area contributed by atoms with Gasteiger partial charge in [0.15, 0.2) is 0 Å². The summed E-state index contributed by atoms with van der Waals surface area (Å²) in [5.41, 5.74) is 1.45. The lowest BCUT2D eigenvalue weighted by molar-refractivity contribution is -0.152. The fourth-order valence-corrected chi connectivity index (χ4v) is 3.20. The number of halogens is 3. The van der Waals surface area contributed by atoms with Gasteiger partial charge in [0.05, 0.1) is 5.92 Å². The van der Waals surface area contributed by atoms with E-state index in [9.17, 15) is 23.1 Å². The minimum Gasteiger partial charge on any atom is -0.478 e. The molecule has 0 radical (unpaired) electrons. The summed E-state index contributed by atoms with van der Waals surface area (Å²) in [5, 5.41) is 10.3. The Kier molecular flexibility index (Phi) is 3.00. The van der Waals surface area contributed by atoms with Crippen molar-refractivity contribution in [1.29, 1.82) is 0 Å². The lowest BCUT2D eigenvalue weighted by Crippen LogP contribution is -2.29. The second kappa shape index (κ2) is 4.51. The highest BCUT2D eigenvalue weighted by atomic mass is 19.4. The summed E-state index contributed by atoms with van der Waals surface area (Å²) >= 11 is 0. The van der Waals surface area contributed by atoms with E-state index in [0.717, 1.165) is 0 Å². The standard InChI is InChI=1S/C15H14F3NO2/c1-7-5-12-9(6-8(7)14(20)21)13-10(15(16,17)18)3-2-4-11(13)19-12/h4-5,10,19H,2-3,6H2,1H3,(H,20,21)/t10-/m0/s1. The van der Waals surface area contributed by atoms with Crippen LogP contribution in [0.3, 0.4) is 0 Å². The van der Waals surface area contributed by atoms with E-state index >= 15 is 0 Å².